The highest BCUT2D eigenvalue weighted by Crippen LogP contribution is 2.36. The molecule has 0 radical (unpaired) electrons. The Labute approximate surface area is 453 Å². The Morgan fingerprint density at radius 3 is 1.76 bits per heavy atom. The van der Waals surface area contributed by atoms with Gasteiger partial charge in [-0.2, -0.15) is 25.3 Å². The van der Waals surface area contributed by atoms with Crippen molar-refractivity contribution in [2.45, 2.75) is 144 Å². The Hall–Kier alpha value is -6.89. The minimum absolute atomic E-state index is 0.0183. The molecule has 0 spiro atoms. The zero-order valence-electron chi connectivity index (χ0n) is 43.1. The van der Waals surface area contributed by atoms with Gasteiger partial charge in [0.2, 0.25) is 59.1 Å². The fourth-order valence-electron chi connectivity index (χ4n) is 9.08. The third-order valence-corrected chi connectivity index (χ3v) is 14.0. The Morgan fingerprint density at radius 2 is 1.21 bits per heavy atom. The number of likely N-dealkylation sites (tertiary alicyclic amines) is 1. The lowest BCUT2D eigenvalue weighted by Gasteiger charge is -2.32. The molecule has 2 aromatic rings. The largest absolute Gasteiger partial charge is 0.370 e. The first-order chi connectivity index (χ1) is 36.1. The average Bonchev–Trinajstić information content (AvgIpc) is 3.87. The number of primary amides is 2. The molecular weight excluding hydrogens is 1020 g/mol. The van der Waals surface area contributed by atoms with Crippen LogP contribution in [-0.4, -0.2) is 142 Å². The van der Waals surface area contributed by atoms with E-state index in [9.17, 15) is 47.9 Å². The maximum absolute atomic E-state index is 14.4. The van der Waals surface area contributed by atoms with Gasteiger partial charge in [-0.25, -0.2) is 0 Å². The van der Waals surface area contributed by atoms with Crippen LogP contribution in [0.15, 0.2) is 65.7 Å². The molecule has 4 rings (SSSR count). The van der Waals surface area contributed by atoms with Gasteiger partial charge in [0.1, 0.15) is 42.3 Å². The highest BCUT2D eigenvalue weighted by molar-refractivity contribution is 7.81. The SMILES string of the molecule is CC(C)[C@H](NC(=O)[C@H](Cc1ccccc1)NC(=O)[C@@H](Cc1ccccc1)NC(=O)CC1(S)CCCCC1)C(=O)N[C@@H](CC(N)=O)C(=O)N[C@H](CS)C(=O)N1CCC[C@H]1C(=O)N[C@@H](CCCN=C(N)N)C(=O)NCC(N)=O. The zero-order valence-corrected chi connectivity index (χ0v) is 44.9. The van der Waals surface area contributed by atoms with Gasteiger partial charge in [-0.05, 0) is 55.6 Å². The molecule has 25 heteroatoms. The number of aliphatic imine (C=N–C) groups is 1. The van der Waals surface area contributed by atoms with Crippen LogP contribution in [0.25, 0.3) is 0 Å². The quantitative estimate of drug-likeness (QED) is 0.0192. The van der Waals surface area contributed by atoms with Crippen molar-refractivity contribution in [3.05, 3.63) is 71.8 Å². The van der Waals surface area contributed by atoms with E-state index in [4.69, 9.17) is 35.6 Å². The van der Waals surface area contributed by atoms with E-state index in [0.717, 1.165) is 37.7 Å². The van der Waals surface area contributed by atoms with Crippen LogP contribution in [0, 0.1) is 5.92 Å². The molecule has 1 aliphatic carbocycles. The number of thiol groups is 2. The van der Waals surface area contributed by atoms with Crippen LogP contribution in [0.2, 0.25) is 0 Å². The van der Waals surface area contributed by atoms with Gasteiger partial charge in [-0.3, -0.25) is 52.9 Å². The fourth-order valence-corrected chi connectivity index (χ4v) is 9.79. The summed E-state index contributed by atoms with van der Waals surface area (Å²) in [4.78, 5) is 140. The minimum Gasteiger partial charge on any atom is -0.370 e. The van der Waals surface area contributed by atoms with Crippen LogP contribution in [0.5, 0.6) is 0 Å². The summed E-state index contributed by atoms with van der Waals surface area (Å²) >= 11 is 9.15. The summed E-state index contributed by atoms with van der Waals surface area (Å²) in [6.45, 7) is 2.98. The third-order valence-electron chi connectivity index (χ3n) is 13.1. The second-order valence-corrected chi connectivity index (χ2v) is 20.9. The van der Waals surface area contributed by atoms with E-state index in [1.54, 1.807) is 44.2 Å². The molecule has 0 unspecified atom stereocenters. The van der Waals surface area contributed by atoms with Crippen molar-refractivity contribution < 1.29 is 47.9 Å². The number of hydrogen-bond donors (Lipinski definition) is 13. The van der Waals surface area contributed by atoms with Gasteiger partial charge >= 0.3 is 0 Å². The predicted octanol–water partition coefficient (Wildman–Crippen LogP) is -1.49. The Kier molecular flexibility index (Phi) is 24.8. The van der Waals surface area contributed by atoms with Gasteiger partial charge in [0.05, 0.1) is 13.0 Å². The van der Waals surface area contributed by atoms with Crippen LogP contribution in [0.4, 0.5) is 0 Å². The predicted molar refractivity (Wildman–Crippen MR) is 291 cm³/mol. The molecule has 76 heavy (non-hydrogen) atoms. The molecule has 1 heterocycles. The van der Waals surface area contributed by atoms with E-state index < -0.39 is 119 Å². The average molecular weight is 1090 g/mol. The van der Waals surface area contributed by atoms with Gasteiger partial charge in [-0.15, -0.1) is 0 Å². The van der Waals surface area contributed by atoms with E-state index in [2.05, 4.69) is 54.8 Å². The number of benzene rings is 2. The summed E-state index contributed by atoms with van der Waals surface area (Å²) in [7, 11) is 0. The van der Waals surface area contributed by atoms with E-state index in [-0.39, 0.29) is 69.2 Å². The molecule has 416 valence electrons. The number of carbonyl (C=O) groups is 10. The summed E-state index contributed by atoms with van der Waals surface area (Å²) in [5.41, 5.74) is 23.0. The molecule has 15 N–H and O–H groups in total. The van der Waals surface area contributed by atoms with Crippen LogP contribution < -0.4 is 60.2 Å². The minimum atomic E-state index is -1.66. The number of guanidine groups is 1. The van der Waals surface area contributed by atoms with Gasteiger partial charge in [-0.1, -0.05) is 93.8 Å². The number of nitrogens with one attached hydrogen (secondary N) is 7. The Morgan fingerprint density at radius 1 is 0.658 bits per heavy atom. The van der Waals surface area contributed by atoms with Crippen LogP contribution >= 0.6 is 25.3 Å². The number of amides is 10. The van der Waals surface area contributed by atoms with Crippen molar-refractivity contribution >= 4 is 90.3 Å². The summed E-state index contributed by atoms with van der Waals surface area (Å²) in [5.74, 6) is -8.72. The van der Waals surface area contributed by atoms with Gasteiger partial charge in [0.15, 0.2) is 5.96 Å². The molecule has 2 aromatic carbocycles. The van der Waals surface area contributed by atoms with Crippen molar-refractivity contribution in [1.82, 2.24) is 42.1 Å². The second-order valence-electron chi connectivity index (χ2n) is 19.6. The van der Waals surface area contributed by atoms with Gasteiger partial charge in [0, 0.05) is 42.9 Å². The lowest BCUT2D eigenvalue weighted by molar-refractivity contribution is -0.142. The van der Waals surface area contributed by atoms with Crippen molar-refractivity contribution in [1.29, 1.82) is 0 Å². The Bertz CT molecular complexity index is 2370. The van der Waals surface area contributed by atoms with Crippen molar-refractivity contribution in [3.63, 3.8) is 0 Å². The standard InChI is InChI=1S/C51H75N13O10S2/c1-30(2)42(63-46(71)35(25-32-16-8-4-9-17-32)60-44(69)34(24-31-14-6-3-7-15-31)58-41(67)27-51(76)20-10-5-11-21-51)48(73)61-36(26-39(52)65)45(70)62-37(29-75)49(74)64-23-13-19-38(64)47(72)59-33(18-12-22-56-50(54)55)43(68)57-28-40(53)66/h3-4,6-9,14-17,30,33-38,42,75-76H,5,10-13,18-29H2,1-2H3,(H2,52,65)(H2,53,66)(H,57,68)(H,58,67)(H,59,72)(H,60,69)(H,61,73)(H,62,70)(H,63,71)(H4,54,55,56)/t33-,34+,35-,36-,37+,38-,42-/m0/s1. The molecule has 1 aliphatic heterocycles. The summed E-state index contributed by atoms with van der Waals surface area (Å²) in [6, 6.07) is 8.88. The molecule has 10 amide bonds. The molecule has 0 bridgehead atoms. The highest BCUT2D eigenvalue weighted by atomic mass is 32.1. The van der Waals surface area contributed by atoms with Gasteiger partial charge in [0.25, 0.3) is 0 Å². The van der Waals surface area contributed by atoms with E-state index in [1.165, 1.54) is 4.90 Å². The van der Waals surface area contributed by atoms with Crippen molar-refractivity contribution in [2.75, 3.05) is 25.4 Å². The molecule has 1 saturated heterocycles. The Balaban J connectivity index is 1.50. The lowest BCUT2D eigenvalue weighted by atomic mass is 9.85. The van der Waals surface area contributed by atoms with Crippen LogP contribution in [0.3, 0.4) is 0 Å². The van der Waals surface area contributed by atoms with Crippen molar-refractivity contribution in [2.24, 2.45) is 33.8 Å². The topological polar surface area (TPSA) is 375 Å². The number of rotatable bonds is 29. The molecule has 1 saturated carbocycles. The van der Waals surface area contributed by atoms with E-state index >= 15 is 0 Å². The van der Waals surface area contributed by atoms with Crippen LogP contribution in [-0.2, 0) is 60.8 Å². The molecule has 2 fully saturated rings. The van der Waals surface area contributed by atoms with E-state index in [0.29, 0.717) is 12.0 Å². The summed E-state index contributed by atoms with van der Waals surface area (Å²) < 4.78 is -0.513. The highest BCUT2D eigenvalue weighted by Gasteiger charge is 2.40. The monoisotopic (exact) mass is 1090 g/mol. The first-order valence-corrected chi connectivity index (χ1v) is 26.6. The first-order valence-electron chi connectivity index (χ1n) is 25.5. The molecule has 23 nitrogen and oxygen atoms in total. The third kappa shape index (κ3) is 20.3. The maximum Gasteiger partial charge on any atom is 0.246 e. The number of carbonyl (C=O) groups excluding carboxylic acids is 10. The molecule has 2 aliphatic rings. The number of nitrogens with two attached hydrogens (primary N) is 4. The molecule has 0 aromatic heterocycles. The maximum atomic E-state index is 14.4. The second kappa shape index (κ2) is 30.6. The van der Waals surface area contributed by atoms with Crippen LogP contribution in [0.1, 0.15) is 95.6 Å². The lowest BCUT2D eigenvalue weighted by Crippen LogP contribution is -2.61. The first kappa shape index (κ1) is 61.7. The van der Waals surface area contributed by atoms with Gasteiger partial charge < -0.3 is 65.1 Å². The molecule has 7 atom stereocenters. The number of nitrogens with zero attached hydrogens (tertiary/aromatic N) is 2. The zero-order chi connectivity index (χ0) is 56.0. The van der Waals surface area contributed by atoms with E-state index in [1.807, 2.05) is 30.3 Å². The number of hydrogen-bond acceptors (Lipinski definition) is 13. The molecular formula is C51H75N13O10S2. The fraction of sp³-hybridized carbons (Fsp3) is 0.549. The normalized spacial score (nSPS) is 17.2. The van der Waals surface area contributed by atoms with Crippen molar-refractivity contribution in [3.8, 4) is 0 Å². The summed E-state index contributed by atoms with van der Waals surface area (Å²) in [6.07, 6.45) is 4.79. The summed E-state index contributed by atoms with van der Waals surface area (Å²) in [5, 5.41) is 18.4. The smallest absolute Gasteiger partial charge is 0.246 e.